The number of morpholine rings is 1. The van der Waals surface area contributed by atoms with Crippen LogP contribution in [-0.4, -0.2) is 65.6 Å². The van der Waals surface area contributed by atoms with E-state index in [0.717, 1.165) is 10.9 Å². The van der Waals surface area contributed by atoms with E-state index in [-0.39, 0.29) is 17.7 Å². The summed E-state index contributed by atoms with van der Waals surface area (Å²) >= 11 is 0. The van der Waals surface area contributed by atoms with Crippen LogP contribution >= 0.6 is 0 Å². The quantitative estimate of drug-likeness (QED) is 0.830. The van der Waals surface area contributed by atoms with Crippen LogP contribution in [0, 0.1) is 12.8 Å². The van der Waals surface area contributed by atoms with Crippen LogP contribution in [0.15, 0.2) is 24.3 Å². The van der Waals surface area contributed by atoms with E-state index in [4.69, 9.17) is 4.74 Å². The molecule has 0 bridgehead atoms. The topological polar surface area (TPSA) is 54.8 Å². The minimum atomic E-state index is -0.0704. The summed E-state index contributed by atoms with van der Waals surface area (Å²) in [4.78, 5) is 28.9. The van der Waals surface area contributed by atoms with Gasteiger partial charge in [0.05, 0.1) is 19.1 Å². The maximum Gasteiger partial charge on any atom is 0.270 e. The van der Waals surface area contributed by atoms with Crippen LogP contribution in [0.25, 0.3) is 10.9 Å². The molecule has 1 aromatic heterocycles. The largest absolute Gasteiger partial charge is 0.378 e. The van der Waals surface area contributed by atoms with Gasteiger partial charge in [-0.1, -0.05) is 11.6 Å². The molecular weight excluding hydrogens is 318 g/mol. The summed E-state index contributed by atoms with van der Waals surface area (Å²) in [7, 11) is 1.92. The number of aromatic nitrogens is 1. The smallest absolute Gasteiger partial charge is 0.270 e. The van der Waals surface area contributed by atoms with Crippen molar-refractivity contribution in [1.29, 1.82) is 0 Å². The second-order valence-electron chi connectivity index (χ2n) is 7.00. The molecule has 132 valence electrons. The lowest BCUT2D eigenvalue weighted by molar-refractivity contribution is -0.143. The molecule has 0 aliphatic carbocycles. The van der Waals surface area contributed by atoms with Crippen molar-refractivity contribution in [2.75, 3.05) is 39.4 Å². The second kappa shape index (κ2) is 6.19. The maximum absolute atomic E-state index is 12.8. The Morgan fingerprint density at radius 1 is 1.08 bits per heavy atom. The van der Waals surface area contributed by atoms with Gasteiger partial charge in [0.25, 0.3) is 5.91 Å². The molecule has 0 spiro atoms. The Kier molecular flexibility index (Phi) is 4.00. The van der Waals surface area contributed by atoms with E-state index in [0.29, 0.717) is 45.1 Å². The fourth-order valence-electron chi connectivity index (χ4n) is 3.68. The Hall–Kier alpha value is -2.34. The number of ether oxygens (including phenoxy) is 1. The first kappa shape index (κ1) is 16.1. The monoisotopic (exact) mass is 341 g/mol. The number of benzene rings is 1. The van der Waals surface area contributed by atoms with Gasteiger partial charge in [0, 0.05) is 44.1 Å². The SMILES string of the molecule is Cc1ccc2c(c1)cc(C(=O)N1CC(C(=O)N3CCOCC3)C1)n2C. The standard InChI is InChI=1S/C19H23N3O3/c1-13-3-4-16-14(9-13)10-17(20(16)2)19(24)22-11-15(12-22)18(23)21-5-7-25-8-6-21/h3-4,9-10,15H,5-8,11-12H2,1-2H3. The Balaban J connectivity index is 1.45. The van der Waals surface area contributed by atoms with Gasteiger partial charge in [-0.25, -0.2) is 0 Å². The highest BCUT2D eigenvalue weighted by molar-refractivity contribution is 6.00. The Morgan fingerprint density at radius 3 is 2.52 bits per heavy atom. The zero-order chi connectivity index (χ0) is 17.6. The summed E-state index contributed by atoms with van der Waals surface area (Å²) in [6.07, 6.45) is 0. The van der Waals surface area contributed by atoms with Gasteiger partial charge in [-0.2, -0.15) is 0 Å². The number of rotatable bonds is 2. The number of nitrogens with zero attached hydrogens (tertiary/aromatic N) is 3. The Labute approximate surface area is 146 Å². The van der Waals surface area contributed by atoms with E-state index in [2.05, 4.69) is 12.1 Å². The van der Waals surface area contributed by atoms with Gasteiger partial charge in [-0.3, -0.25) is 9.59 Å². The summed E-state index contributed by atoms with van der Waals surface area (Å²) in [5, 5.41) is 1.08. The van der Waals surface area contributed by atoms with Crippen molar-refractivity contribution in [2.24, 2.45) is 13.0 Å². The average molecular weight is 341 g/mol. The Bertz CT molecular complexity index is 830. The molecular formula is C19H23N3O3. The lowest BCUT2D eigenvalue weighted by Gasteiger charge is -2.41. The molecule has 2 aliphatic heterocycles. The molecule has 0 N–H and O–H groups in total. The third-order valence-electron chi connectivity index (χ3n) is 5.26. The molecule has 0 atom stereocenters. The van der Waals surface area contributed by atoms with Crippen LogP contribution in [0.1, 0.15) is 16.1 Å². The number of amides is 2. The minimum Gasteiger partial charge on any atom is -0.378 e. The van der Waals surface area contributed by atoms with E-state index in [9.17, 15) is 9.59 Å². The molecule has 3 heterocycles. The van der Waals surface area contributed by atoms with Crippen molar-refractivity contribution in [2.45, 2.75) is 6.92 Å². The summed E-state index contributed by atoms with van der Waals surface area (Å²) < 4.78 is 7.23. The molecule has 6 nitrogen and oxygen atoms in total. The fourth-order valence-corrected chi connectivity index (χ4v) is 3.68. The lowest BCUT2D eigenvalue weighted by atomic mass is 9.97. The van der Waals surface area contributed by atoms with Crippen molar-refractivity contribution in [1.82, 2.24) is 14.4 Å². The van der Waals surface area contributed by atoms with Crippen molar-refractivity contribution in [3.63, 3.8) is 0 Å². The lowest BCUT2D eigenvalue weighted by Crippen LogP contribution is -2.57. The Morgan fingerprint density at radius 2 is 1.80 bits per heavy atom. The summed E-state index contributed by atoms with van der Waals surface area (Å²) in [5.41, 5.74) is 2.91. The van der Waals surface area contributed by atoms with E-state index >= 15 is 0 Å². The van der Waals surface area contributed by atoms with E-state index in [1.54, 1.807) is 4.90 Å². The van der Waals surface area contributed by atoms with Crippen molar-refractivity contribution < 1.29 is 14.3 Å². The van der Waals surface area contributed by atoms with Crippen LogP contribution in [0.5, 0.6) is 0 Å². The number of fused-ring (bicyclic) bond motifs is 1. The second-order valence-corrected chi connectivity index (χ2v) is 7.00. The first-order chi connectivity index (χ1) is 12.0. The minimum absolute atomic E-state index is 0.00220. The number of likely N-dealkylation sites (tertiary alicyclic amines) is 1. The zero-order valence-corrected chi connectivity index (χ0v) is 14.7. The van der Waals surface area contributed by atoms with Gasteiger partial charge in [0.2, 0.25) is 5.91 Å². The number of aryl methyl sites for hydroxylation is 2. The van der Waals surface area contributed by atoms with Crippen LogP contribution < -0.4 is 0 Å². The molecule has 6 heteroatoms. The molecule has 2 fully saturated rings. The summed E-state index contributed by atoms with van der Waals surface area (Å²) in [6.45, 7) is 5.60. The summed E-state index contributed by atoms with van der Waals surface area (Å²) in [5.74, 6) is 0.0846. The van der Waals surface area contributed by atoms with Crippen molar-refractivity contribution in [3.05, 3.63) is 35.5 Å². The number of hydrogen-bond acceptors (Lipinski definition) is 3. The van der Waals surface area contributed by atoms with Gasteiger partial charge in [0.1, 0.15) is 5.69 Å². The first-order valence-corrected chi connectivity index (χ1v) is 8.76. The zero-order valence-electron chi connectivity index (χ0n) is 14.7. The van der Waals surface area contributed by atoms with Crippen LogP contribution in [0.2, 0.25) is 0 Å². The molecule has 0 unspecified atom stereocenters. The van der Waals surface area contributed by atoms with Gasteiger partial charge in [-0.05, 0) is 25.1 Å². The first-order valence-electron chi connectivity index (χ1n) is 8.76. The number of carbonyl (C=O) groups excluding carboxylic acids is 2. The molecule has 2 aromatic rings. The number of hydrogen-bond donors (Lipinski definition) is 0. The van der Waals surface area contributed by atoms with Gasteiger partial charge in [0.15, 0.2) is 0 Å². The molecule has 0 saturated carbocycles. The normalized spacial score (nSPS) is 18.5. The van der Waals surface area contributed by atoms with Crippen LogP contribution in [0.4, 0.5) is 0 Å². The van der Waals surface area contributed by atoms with Crippen molar-refractivity contribution >= 4 is 22.7 Å². The average Bonchev–Trinajstić information content (AvgIpc) is 2.90. The molecule has 1 aromatic carbocycles. The molecule has 2 saturated heterocycles. The van der Waals surface area contributed by atoms with Gasteiger partial charge in [-0.15, -0.1) is 0 Å². The maximum atomic E-state index is 12.8. The van der Waals surface area contributed by atoms with E-state index in [1.165, 1.54) is 5.56 Å². The van der Waals surface area contributed by atoms with E-state index < -0.39 is 0 Å². The van der Waals surface area contributed by atoms with Crippen LogP contribution in [0.3, 0.4) is 0 Å². The summed E-state index contributed by atoms with van der Waals surface area (Å²) in [6, 6.07) is 8.13. The molecule has 2 aliphatic rings. The highest BCUT2D eigenvalue weighted by atomic mass is 16.5. The molecule has 0 radical (unpaired) electrons. The third-order valence-corrected chi connectivity index (χ3v) is 5.26. The third kappa shape index (κ3) is 2.80. The number of carbonyl (C=O) groups is 2. The van der Waals surface area contributed by atoms with Gasteiger partial charge >= 0.3 is 0 Å². The highest BCUT2D eigenvalue weighted by Crippen LogP contribution is 2.25. The predicted molar refractivity (Wildman–Crippen MR) is 94.4 cm³/mol. The molecule has 4 rings (SSSR count). The molecule has 25 heavy (non-hydrogen) atoms. The highest BCUT2D eigenvalue weighted by Gasteiger charge is 2.39. The fraction of sp³-hybridized carbons (Fsp3) is 0.474. The van der Waals surface area contributed by atoms with Crippen LogP contribution in [-0.2, 0) is 16.6 Å². The van der Waals surface area contributed by atoms with Crippen molar-refractivity contribution in [3.8, 4) is 0 Å². The van der Waals surface area contributed by atoms with Gasteiger partial charge < -0.3 is 19.1 Å². The molecule has 2 amide bonds. The predicted octanol–water partition coefficient (Wildman–Crippen LogP) is 1.42. The van der Waals surface area contributed by atoms with E-state index in [1.807, 2.05) is 35.6 Å².